The van der Waals surface area contributed by atoms with Gasteiger partial charge in [0.2, 0.25) is 5.76 Å². The topological polar surface area (TPSA) is 52.2 Å². The van der Waals surface area contributed by atoms with Gasteiger partial charge in [0, 0.05) is 0 Å². The van der Waals surface area contributed by atoms with Gasteiger partial charge in [-0.2, -0.15) is 5.26 Å². The summed E-state index contributed by atoms with van der Waals surface area (Å²) >= 11 is 0. The summed E-state index contributed by atoms with van der Waals surface area (Å²) in [5, 5.41) is 11.9. The Morgan fingerprint density at radius 3 is 2.88 bits per heavy atom. The van der Waals surface area contributed by atoms with E-state index in [0.29, 0.717) is 12.3 Å². The van der Waals surface area contributed by atoms with E-state index in [0.717, 1.165) is 12.3 Å². The monoisotopic (exact) mass is 233 g/mol. The molecule has 0 saturated carbocycles. The Kier molecular flexibility index (Phi) is 4.60. The number of furan rings is 1. The van der Waals surface area contributed by atoms with E-state index in [1.54, 1.807) is 6.07 Å². The molecule has 0 aromatic carbocycles. The van der Waals surface area contributed by atoms with Gasteiger partial charge in [0.25, 0.3) is 0 Å². The molecule has 4 heteroatoms. The zero-order valence-corrected chi connectivity index (χ0v) is 10.1. The van der Waals surface area contributed by atoms with Crippen LogP contribution in [0.25, 0.3) is 0 Å². The maximum Gasteiger partial charge on any atom is 0.203 e. The molecular weight excluding hydrogens is 214 g/mol. The highest BCUT2D eigenvalue weighted by atomic mass is 16.3. The number of nitrogens with zero attached hydrogens (tertiary/aromatic N) is 2. The smallest absolute Gasteiger partial charge is 0.203 e. The lowest BCUT2D eigenvalue weighted by Gasteiger charge is -2.13. The Balaban J connectivity index is 1.55. The summed E-state index contributed by atoms with van der Waals surface area (Å²) in [6, 6.07) is 5.55. The molecule has 1 N–H and O–H groups in total. The summed E-state index contributed by atoms with van der Waals surface area (Å²) in [6.07, 6.45) is 3.89. The summed E-state index contributed by atoms with van der Waals surface area (Å²) < 4.78 is 5.28. The molecule has 1 saturated heterocycles. The van der Waals surface area contributed by atoms with Crippen molar-refractivity contribution in [1.29, 1.82) is 5.26 Å². The number of likely N-dealkylation sites (tertiary alicyclic amines) is 1. The molecule has 0 spiro atoms. The average Bonchev–Trinajstić information content (AvgIpc) is 2.99. The molecular formula is C13H19N3O. The van der Waals surface area contributed by atoms with Gasteiger partial charge in [0.1, 0.15) is 11.8 Å². The van der Waals surface area contributed by atoms with Crippen molar-refractivity contribution in [3.8, 4) is 6.07 Å². The molecule has 1 fully saturated rings. The highest BCUT2D eigenvalue weighted by Gasteiger charge is 2.09. The van der Waals surface area contributed by atoms with Crippen molar-refractivity contribution >= 4 is 0 Å². The molecule has 4 nitrogen and oxygen atoms in total. The van der Waals surface area contributed by atoms with Gasteiger partial charge in [-0.05, 0) is 57.6 Å². The van der Waals surface area contributed by atoms with E-state index in [9.17, 15) is 0 Å². The van der Waals surface area contributed by atoms with Crippen molar-refractivity contribution in [2.24, 2.45) is 0 Å². The molecule has 2 rings (SSSR count). The molecule has 0 unspecified atom stereocenters. The van der Waals surface area contributed by atoms with E-state index < -0.39 is 0 Å². The SMILES string of the molecule is N#Cc1ccc(CNCCCN2CCCC2)o1. The van der Waals surface area contributed by atoms with E-state index in [1.165, 1.54) is 38.9 Å². The van der Waals surface area contributed by atoms with Crippen LogP contribution in [0.5, 0.6) is 0 Å². The highest BCUT2D eigenvalue weighted by Crippen LogP contribution is 2.07. The van der Waals surface area contributed by atoms with Crippen molar-refractivity contribution in [3.05, 3.63) is 23.7 Å². The largest absolute Gasteiger partial charge is 0.449 e. The minimum atomic E-state index is 0.388. The van der Waals surface area contributed by atoms with Gasteiger partial charge in [0.05, 0.1) is 6.54 Å². The van der Waals surface area contributed by atoms with Crippen molar-refractivity contribution in [2.45, 2.75) is 25.8 Å². The molecule has 1 aliphatic heterocycles. The van der Waals surface area contributed by atoms with E-state index in [1.807, 2.05) is 12.1 Å². The first-order valence-corrected chi connectivity index (χ1v) is 6.30. The Labute approximate surface area is 102 Å². The van der Waals surface area contributed by atoms with Gasteiger partial charge in [-0.3, -0.25) is 0 Å². The third-order valence-corrected chi connectivity index (χ3v) is 3.10. The maximum absolute atomic E-state index is 8.61. The first-order chi connectivity index (χ1) is 8.38. The summed E-state index contributed by atoms with van der Waals surface area (Å²) in [4.78, 5) is 2.52. The molecule has 92 valence electrons. The minimum absolute atomic E-state index is 0.388. The average molecular weight is 233 g/mol. The quantitative estimate of drug-likeness (QED) is 0.760. The highest BCUT2D eigenvalue weighted by molar-refractivity contribution is 5.18. The molecule has 0 radical (unpaired) electrons. The van der Waals surface area contributed by atoms with Gasteiger partial charge >= 0.3 is 0 Å². The molecule has 1 aliphatic rings. The van der Waals surface area contributed by atoms with E-state index >= 15 is 0 Å². The Morgan fingerprint density at radius 1 is 1.35 bits per heavy atom. The molecule has 17 heavy (non-hydrogen) atoms. The minimum Gasteiger partial charge on any atom is -0.449 e. The van der Waals surface area contributed by atoms with Gasteiger partial charge in [-0.1, -0.05) is 0 Å². The number of nitriles is 1. The van der Waals surface area contributed by atoms with Gasteiger partial charge in [-0.25, -0.2) is 0 Å². The zero-order valence-electron chi connectivity index (χ0n) is 10.1. The fourth-order valence-corrected chi connectivity index (χ4v) is 2.18. The van der Waals surface area contributed by atoms with Crippen LogP contribution in [0.4, 0.5) is 0 Å². The van der Waals surface area contributed by atoms with Crippen LogP contribution in [-0.4, -0.2) is 31.1 Å². The van der Waals surface area contributed by atoms with Crippen LogP contribution in [0, 0.1) is 11.3 Å². The van der Waals surface area contributed by atoms with Crippen molar-refractivity contribution in [3.63, 3.8) is 0 Å². The van der Waals surface area contributed by atoms with Crippen LogP contribution < -0.4 is 5.32 Å². The van der Waals surface area contributed by atoms with Gasteiger partial charge in [-0.15, -0.1) is 0 Å². The fourth-order valence-electron chi connectivity index (χ4n) is 2.18. The van der Waals surface area contributed by atoms with Crippen molar-refractivity contribution in [2.75, 3.05) is 26.2 Å². The second-order valence-corrected chi connectivity index (χ2v) is 4.46. The Morgan fingerprint density at radius 2 is 2.18 bits per heavy atom. The second-order valence-electron chi connectivity index (χ2n) is 4.46. The molecule has 0 amide bonds. The van der Waals surface area contributed by atoms with Crippen LogP contribution in [0.15, 0.2) is 16.5 Å². The molecule has 1 aromatic rings. The number of hydrogen-bond acceptors (Lipinski definition) is 4. The van der Waals surface area contributed by atoms with Crippen molar-refractivity contribution in [1.82, 2.24) is 10.2 Å². The summed E-state index contributed by atoms with van der Waals surface area (Å²) in [7, 11) is 0. The van der Waals surface area contributed by atoms with Crippen molar-refractivity contribution < 1.29 is 4.42 Å². The zero-order chi connectivity index (χ0) is 11.9. The lowest BCUT2D eigenvalue weighted by Crippen LogP contribution is -2.24. The molecule has 1 aromatic heterocycles. The van der Waals surface area contributed by atoms with E-state index in [4.69, 9.17) is 9.68 Å². The molecule has 0 bridgehead atoms. The summed E-state index contributed by atoms with van der Waals surface area (Å²) in [6.45, 7) is 5.43. The van der Waals surface area contributed by atoms with Crippen LogP contribution in [-0.2, 0) is 6.54 Å². The van der Waals surface area contributed by atoms with Gasteiger partial charge < -0.3 is 14.6 Å². The normalized spacial score (nSPS) is 16.2. The summed E-state index contributed by atoms with van der Waals surface area (Å²) in [5.41, 5.74) is 0. The van der Waals surface area contributed by atoms with Crippen LogP contribution in [0.1, 0.15) is 30.8 Å². The molecule has 2 heterocycles. The molecule has 0 aliphatic carbocycles. The van der Waals surface area contributed by atoms with Crippen LogP contribution in [0.3, 0.4) is 0 Å². The first kappa shape index (κ1) is 12.2. The van der Waals surface area contributed by atoms with Gasteiger partial charge in [0.15, 0.2) is 0 Å². The predicted molar refractivity (Wildman–Crippen MR) is 65.4 cm³/mol. The molecule has 0 atom stereocenters. The van der Waals surface area contributed by atoms with E-state index in [2.05, 4.69) is 10.2 Å². The summed E-state index contributed by atoms with van der Waals surface area (Å²) in [5.74, 6) is 1.22. The van der Waals surface area contributed by atoms with Crippen LogP contribution in [0.2, 0.25) is 0 Å². The maximum atomic E-state index is 8.61. The number of nitrogens with one attached hydrogen (secondary N) is 1. The van der Waals surface area contributed by atoms with E-state index in [-0.39, 0.29) is 0 Å². The predicted octanol–water partition coefficient (Wildman–Crippen LogP) is 1.73. The Hall–Kier alpha value is -1.31. The number of hydrogen-bond donors (Lipinski definition) is 1. The lowest BCUT2D eigenvalue weighted by molar-refractivity contribution is 0.329. The third kappa shape index (κ3) is 3.88. The number of rotatable bonds is 6. The van der Waals surface area contributed by atoms with Crippen LogP contribution >= 0.6 is 0 Å². The first-order valence-electron chi connectivity index (χ1n) is 6.30. The Bertz CT molecular complexity index is 374. The standard InChI is InChI=1S/C13H19N3O/c14-10-12-4-5-13(17-12)11-15-6-3-9-16-7-1-2-8-16/h4-5,15H,1-3,6-9,11H2. The third-order valence-electron chi connectivity index (χ3n) is 3.10. The fraction of sp³-hybridized carbons (Fsp3) is 0.615. The second kappa shape index (κ2) is 6.43. The lowest BCUT2D eigenvalue weighted by atomic mass is 10.3.